The Morgan fingerprint density at radius 1 is 1.44 bits per heavy atom. The highest BCUT2D eigenvalue weighted by Gasteiger charge is 2.32. The SMILES string of the molecule is CC(C)(CO)[C@@H](O)C(=O)NCCC(=O)Oc1nc(N)c2[nH]cnc2n1. The topological polar surface area (TPSA) is 176 Å². The fourth-order valence-corrected chi connectivity index (χ4v) is 1.86. The molecule has 25 heavy (non-hydrogen) atoms. The predicted molar refractivity (Wildman–Crippen MR) is 86.2 cm³/mol. The highest BCUT2D eigenvalue weighted by molar-refractivity contribution is 5.83. The second kappa shape index (κ2) is 7.40. The molecule has 0 fully saturated rings. The van der Waals surface area contributed by atoms with E-state index in [0.29, 0.717) is 5.52 Å². The Morgan fingerprint density at radius 2 is 2.16 bits per heavy atom. The van der Waals surface area contributed by atoms with Crippen molar-refractivity contribution in [3.8, 4) is 6.01 Å². The van der Waals surface area contributed by atoms with Crippen molar-refractivity contribution >= 4 is 28.9 Å². The molecule has 0 spiro atoms. The lowest BCUT2D eigenvalue weighted by atomic mass is 9.87. The number of rotatable bonds is 7. The first-order chi connectivity index (χ1) is 11.7. The van der Waals surface area contributed by atoms with Crippen LogP contribution in [-0.2, 0) is 9.59 Å². The van der Waals surface area contributed by atoms with Gasteiger partial charge in [0.1, 0.15) is 11.6 Å². The number of esters is 1. The van der Waals surface area contributed by atoms with Gasteiger partial charge in [0.05, 0.1) is 19.4 Å². The minimum atomic E-state index is -1.40. The molecule has 0 saturated heterocycles. The van der Waals surface area contributed by atoms with Crippen LogP contribution < -0.4 is 15.8 Å². The van der Waals surface area contributed by atoms with Crippen LogP contribution in [0.4, 0.5) is 5.82 Å². The van der Waals surface area contributed by atoms with Gasteiger partial charge in [0.2, 0.25) is 5.91 Å². The van der Waals surface area contributed by atoms with Crippen molar-refractivity contribution in [1.82, 2.24) is 25.3 Å². The minimum Gasteiger partial charge on any atom is -0.396 e. The van der Waals surface area contributed by atoms with Gasteiger partial charge in [-0.1, -0.05) is 13.8 Å². The average molecular weight is 352 g/mol. The molecular weight excluding hydrogens is 332 g/mol. The zero-order valence-electron chi connectivity index (χ0n) is 13.8. The van der Waals surface area contributed by atoms with Crippen molar-refractivity contribution in [3.63, 3.8) is 0 Å². The fraction of sp³-hybridized carbons (Fsp3) is 0.500. The maximum Gasteiger partial charge on any atom is 0.328 e. The van der Waals surface area contributed by atoms with Gasteiger partial charge in [-0.3, -0.25) is 9.59 Å². The summed E-state index contributed by atoms with van der Waals surface area (Å²) in [4.78, 5) is 37.9. The van der Waals surface area contributed by atoms with Gasteiger partial charge >= 0.3 is 12.0 Å². The standard InChI is InChI=1S/C14H20N6O5/c1-14(2,5-21)9(23)12(24)16-4-3-7(22)25-13-19-10(15)8-11(20-13)18-6-17-8/h6,9,21,23H,3-5H2,1-2H3,(H,16,24)(H3,15,17,18,19,20)/t9-/m0/s1. The van der Waals surface area contributed by atoms with Crippen LogP contribution in [0.5, 0.6) is 6.01 Å². The number of nitrogens with two attached hydrogens (primary N) is 1. The van der Waals surface area contributed by atoms with Crippen LogP contribution in [-0.4, -0.2) is 61.3 Å². The molecular formula is C14H20N6O5. The van der Waals surface area contributed by atoms with Crippen LogP contribution in [0.25, 0.3) is 11.2 Å². The highest BCUT2D eigenvalue weighted by atomic mass is 16.5. The number of aliphatic hydroxyl groups is 2. The summed E-state index contributed by atoms with van der Waals surface area (Å²) >= 11 is 0. The number of ether oxygens (including phenoxy) is 1. The van der Waals surface area contributed by atoms with Gasteiger partial charge < -0.3 is 31.0 Å². The summed E-state index contributed by atoms with van der Waals surface area (Å²) in [7, 11) is 0. The first-order valence-electron chi connectivity index (χ1n) is 7.48. The van der Waals surface area contributed by atoms with E-state index in [9.17, 15) is 14.7 Å². The number of imidazole rings is 1. The van der Waals surface area contributed by atoms with Gasteiger partial charge in [0.15, 0.2) is 11.5 Å². The summed E-state index contributed by atoms with van der Waals surface area (Å²) in [6.07, 6.45) is -0.186. The highest BCUT2D eigenvalue weighted by Crippen LogP contribution is 2.19. The Balaban J connectivity index is 1.85. The number of anilines is 1. The number of aliphatic hydroxyl groups excluding tert-OH is 2. The molecule has 11 heteroatoms. The van der Waals surface area contributed by atoms with Gasteiger partial charge in [-0.2, -0.15) is 9.97 Å². The van der Waals surface area contributed by atoms with E-state index in [1.165, 1.54) is 6.33 Å². The number of amides is 1. The molecule has 0 unspecified atom stereocenters. The van der Waals surface area contributed by atoms with Crippen molar-refractivity contribution in [2.45, 2.75) is 26.4 Å². The quantitative estimate of drug-likeness (QED) is 0.380. The molecule has 0 saturated carbocycles. The van der Waals surface area contributed by atoms with Crippen molar-refractivity contribution < 1.29 is 24.5 Å². The van der Waals surface area contributed by atoms with Gasteiger partial charge in [-0.25, -0.2) is 4.98 Å². The molecule has 0 aliphatic carbocycles. The molecule has 2 rings (SSSR count). The predicted octanol–water partition coefficient (Wildman–Crippen LogP) is -1.27. The van der Waals surface area contributed by atoms with E-state index in [4.69, 9.17) is 15.6 Å². The summed E-state index contributed by atoms with van der Waals surface area (Å²) in [6.45, 7) is 2.66. The van der Waals surface area contributed by atoms with E-state index < -0.39 is 23.4 Å². The molecule has 2 aromatic rings. The van der Waals surface area contributed by atoms with Crippen LogP contribution in [0, 0.1) is 5.41 Å². The van der Waals surface area contributed by atoms with Crippen molar-refractivity contribution in [1.29, 1.82) is 0 Å². The van der Waals surface area contributed by atoms with Gasteiger partial charge in [0.25, 0.3) is 0 Å². The summed E-state index contributed by atoms with van der Waals surface area (Å²) in [6, 6.07) is -0.241. The number of H-pyrrole nitrogens is 1. The molecule has 2 aromatic heterocycles. The Bertz CT molecular complexity index is 774. The first kappa shape index (κ1) is 18.5. The minimum absolute atomic E-state index is 0.0592. The van der Waals surface area contributed by atoms with Gasteiger partial charge in [-0.15, -0.1) is 0 Å². The van der Waals surface area contributed by atoms with Crippen molar-refractivity contribution in [2.75, 3.05) is 18.9 Å². The van der Waals surface area contributed by atoms with E-state index in [1.807, 2.05) is 0 Å². The summed E-state index contributed by atoms with van der Waals surface area (Å²) < 4.78 is 4.95. The monoisotopic (exact) mass is 352 g/mol. The van der Waals surface area contributed by atoms with Crippen LogP contribution in [0.1, 0.15) is 20.3 Å². The average Bonchev–Trinajstić information content (AvgIpc) is 3.02. The number of carbonyl (C=O) groups excluding carboxylic acids is 2. The molecule has 2 heterocycles. The maximum absolute atomic E-state index is 11.8. The summed E-state index contributed by atoms with van der Waals surface area (Å²) in [5.74, 6) is -1.29. The Kier molecular flexibility index (Phi) is 5.49. The number of carbonyl (C=O) groups is 2. The van der Waals surface area contributed by atoms with Crippen LogP contribution >= 0.6 is 0 Å². The van der Waals surface area contributed by atoms with E-state index in [1.54, 1.807) is 13.8 Å². The molecule has 0 aliphatic heterocycles. The fourth-order valence-electron chi connectivity index (χ4n) is 1.86. The number of aromatic amines is 1. The number of nitrogens with one attached hydrogen (secondary N) is 2. The molecule has 0 aliphatic rings. The number of hydrogen-bond donors (Lipinski definition) is 5. The molecule has 0 aromatic carbocycles. The lowest BCUT2D eigenvalue weighted by Crippen LogP contribution is -2.46. The second-order valence-electron chi connectivity index (χ2n) is 6.06. The number of hydrogen-bond acceptors (Lipinski definition) is 9. The van der Waals surface area contributed by atoms with E-state index >= 15 is 0 Å². The first-order valence-corrected chi connectivity index (χ1v) is 7.48. The number of nitrogens with zero attached hydrogens (tertiary/aromatic N) is 3. The van der Waals surface area contributed by atoms with E-state index in [2.05, 4.69) is 25.3 Å². The van der Waals surface area contributed by atoms with E-state index in [-0.39, 0.29) is 37.0 Å². The zero-order valence-corrected chi connectivity index (χ0v) is 13.8. The smallest absolute Gasteiger partial charge is 0.328 e. The maximum atomic E-state index is 11.8. The molecule has 0 radical (unpaired) electrons. The number of aromatic nitrogens is 4. The molecule has 1 atom stereocenters. The molecule has 1 amide bonds. The molecule has 11 nitrogen and oxygen atoms in total. The summed E-state index contributed by atoms with van der Waals surface area (Å²) in [5.41, 5.74) is 5.39. The van der Waals surface area contributed by atoms with Gasteiger partial charge in [-0.05, 0) is 0 Å². The lowest BCUT2D eigenvalue weighted by molar-refractivity contribution is -0.138. The third-order valence-corrected chi connectivity index (χ3v) is 3.52. The Morgan fingerprint density at radius 3 is 2.84 bits per heavy atom. The normalized spacial score (nSPS) is 12.8. The van der Waals surface area contributed by atoms with E-state index in [0.717, 1.165) is 0 Å². The molecule has 0 bridgehead atoms. The van der Waals surface area contributed by atoms with Gasteiger partial charge in [0, 0.05) is 12.0 Å². The third kappa shape index (κ3) is 4.39. The third-order valence-electron chi connectivity index (χ3n) is 3.52. The number of fused-ring (bicyclic) bond motifs is 1. The van der Waals surface area contributed by atoms with Crippen molar-refractivity contribution in [2.24, 2.45) is 5.41 Å². The lowest BCUT2D eigenvalue weighted by Gasteiger charge is -2.27. The van der Waals surface area contributed by atoms with Crippen LogP contribution in [0.15, 0.2) is 6.33 Å². The Labute approximate surface area is 142 Å². The Hall–Kier alpha value is -2.79. The summed E-state index contributed by atoms with van der Waals surface area (Å²) in [5, 5.41) is 21.3. The molecule has 6 N–H and O–H groups in total. The second-order valence-corrected chi connectivity index (χ2v) is 6.06. The number of nitrogen functional groups attached to an aromatic ring is 1. The van der Waals surface area contributed by atoms with Crippen molar-refractivity contribution in [3.05, 3.63) is 6.33 Å². The zero-order chi connectivity index (χ0) is 18.6. The van der Waals surface area contributed by atoms with Crippen LogP contribution in [0.3, 0.4) is 0 Å². The largest absolute Gasteiger partial charge is 0.396 e. The van der Waals surface area contributed by atoms with Crippen LogP contribution in [0.2, 0.25) is 0 Å². The molecule has 136 valence electrons.